The van der Waals surface area contributed by atoms with Crippen molar-refractivity contribution in [1.29, 1.82) is 0 Å². The molecule has 0 fully saturated rings. The van der Waals surface area contributed by atoms with Gasteiger partial charge in [-0.15, -0.1) is 0 Å². The molecule has 8 heteroatoms. The lowest BCUT2D eigenvalue weighted by atomic mass is 10.2. The molecule has 20 heavy (non-hydrogen) atoms. The molecule has 0 aliphatic heterocycles. The smallest absolute Gasteiger partial charge is 0.185 e. The molecule has 0 spiro atoms. The number of nitrogens with one attached hydrogen (secondary N) is 2. The van der Waals surface area contributed by atoms with Crippen LogP contribution in [-0.2, 0) is 0 Å². The molecule has 2 rings (SSSR count). The molecule has 0 aliphatic rings. The molecule has 2 aromatic rings. The van der Waals surface area contributed by atoms with E-state index in [-0.39, 0.29) is 11.9 Å². The van der Waals surface area contributed by atoms with Crippen molar-refractivity contribution >= 4 is 17.3 Å². The molecule has 0 atom stereocenters. The second-order valence-corrected chi connectivity index (χ2v) is 3.91. The van der Waals surface area contributed by atoms with Crippen molar-refractivity contribution in [3.8, 4) is 0 Å². The maximum absolute atomic E-state index is 13.5. The zero-order valence-corrected chi connectivity index (χ0v) is 10.6. The van der Waals surface area contributed by atoms with Crippen molar-refractivity contribution in [3.63, 3.8) is 0 Å². The van der Waals surface area contributed by atoms with Gasteiger partial charge in [-0.05, 0) is 6.92 Å². The minimum atomic E-state index is -1.52. The number of anilines is 3. The van der Waals surface area contributed by atoms with Crippen molar-refractivity contribution in [2.75, 3.05) is 17.7 Å². The first kappa shape index (κ1) is 14.0. The first-order chi connectivity index (χ1) is 9.45. The van der Waals surface area contributed by atoms with Crippen LogP contribution in [-0.4, -0.2) is 17.0 Å². The Labute approximate surface area is 111 Å². The summed E-state index contributed by atoms with van der Waals surface area (Å²) in [6.07, 6.45) is 1.15. The lowest BCUT2D eigenvalue weighted by Crippen LogP contribution is -2.07. The molecule has 0 saturated heterocycles. The van der Waals surface area contributed by atoms with E-state index in [9.17, 15) is 17.6 Å². The molecule has 1 heterocycles. The third-order valence-electron chi connectivity index (χ3n) is 2.68. The standard InChI is InChI=1S/C12H10F4N4/c1-5-11(17-2)18-4-19-12(5)20-10-8(15)6(13)3-7(14)9(10)16/h3-4H,1-2H3,(H2,17,18,19,20). The van der Waals surface area contributed by atoms with E-state index in [4.69, 9.17) is 0 Å². The van der Waals surface area contributed by atoms with Gasteiger partial charge in [0.15, 0.2) is 23.3 Å². The summed E-state index contributed by atoms with van der Waals surface area (Å²) in [7, 11) is 1.60. The third-order valence-corrected chi connectivity index (χ3v) is 2.68. The fourth-order valence-electron chi connectivity index (χ4n) is 1.63. The summed E-state index contributed by atoms with van der Waals surface area (Å²) >= 11 is 0. The van der Waals surface area contributed by atoms with Gasteiger partial charge < -0.3 is 10.6 Å². The Morgan fingerprint density at radius 1 is 0.950 bits per heavy atom. The van der Waals surface area contributed by atoms with Crippen LogP contribution in [0, 0.1) is 30.2 Å². The summed E-state index contributed by atoms with van der Waals surface area (Å²) in [5.41, 5.74) is -0.496. The van der Waals surface area contributed by atoms with Crippen LogP contribution in [0.5, 0.6) is 0 Å². The summed E-state index contributed by atoms with van der Waals surface area (Å²) in [6, 6.07) is 0.141. The van der Waals surface area contributed by atoms with Crippen molar-refractivity contribution in [2.24, 2.45) is 0 Å². The van der Waals surface area contributed by atoms with E-state index in [0.717, 1.165) is 6.33 Å². The minimum Gasteiger partial charge on any atom is -0.373 e. The van der Waals surface area contributed by atoms with Crippen LogP contribution in [0.1, 0.15) is 5.56 Å². The van der Waals surface area contributed by atoms with E-state index in [1.54, 1.807) is 14.0 Å². The van der Waals surface area contributed by atoms with Gasteiger partial charge in [-0.25, -0.2) is 27.5 Å². The van der Waals surface area contributed by atoms with Crippen LogP contribution in [0.15, 0.2) is 12.4 Å². The lowest BCUT2D eigenvalue weighted by molar-refractivity contribution is 0.459. The number of aromatic nitrogens is 2. The Morgan fingerprint density at radius 2 is 1.50 bits per heavy atom. The molecule has 2 N–H and O–H groups in total. The molecule has 0 aliphatic carbocycles. The normalized spacial score (nSPS) is 10.5. The van der Waals surface area contributed by atoms with Gasteiger partial charge in [0, 0.05) is 18.7 Å². The number of halogens is 4. The third kappa shape index (κ3) is 2.36. The highest BCUT2D eigenvalue weighted by Crippen LogP contribution is 2.28. The zero-order chi connectivity index (χ0) is 14.9. The summed E-state index contributed by atoms with van der Waals surface area (Å²) in [4.78, 5) is 7.66. The molecular weight excluding hydrogens is 276 g/mol. The van der Waals surface area contributed by atoms with E-state index >= 15 is 0 Å². The molecule has 4 nitrogen and oxygen atoms in total. The monoisotopic (exact) mass is 286 g/mol. The molecule has 1 aromatic carbocycles. The Balaban J connectivity index is 2.51. The summed E-state index contributed by atoms with van der Waals surface area (Å²) in [5.74, 6) is -5.58. The Morgan fingerprint density at radius 3 is 2.05 bits per heavy atom. The van der Waals surface area contributed by atoms with Gasteiger partial charge in [0.1, 0.15) is 23.7 Å². The van der Waals surface area contributed by atoms with Crippen molar-refractivity contribution < 1.29 is 17.6 Å². The largest absolute Gasteiger partial charge is 0.373 e. The Kier molecular flexibility index (Phi) is 3.73. The highest BCUT2D eigenvalue weighted by molar-refractivity contribution is 5.65. The lowest BCUT2D eigenvalue weighted by Gasteiger charge is -2.12. The zero-order valence-electron chi connectivity index (χ0n) is 10.6. The summed E-state index contributed by atoms with van der Waals surface area (Å²) in [6.45, 7) is 1.58. The highest BCUT2D eigenvalue weighted by Gasteiger charge is 2.20. The molecule has 0 unspecified atom stereocenters. The topological polar surface area (TPSA) is 49.8 Å². The second kappa shape index (κ2) is 5.32. The van der Waals surface area contributed by atoms with Gasteiger partial charge in [-0.1, -0.05) is 0 Å². The van der Waals surface area contributed by atoms with Crippen LogP contribution in [0.2, 0.25) is 0 Å². The molecule has 0 radical (unpaired) electrons. The number of nitrogens with zero attached hydrogens (tertiary/aromatic N) is 2. The van der Waals surface area contributed by atoms with E-state index in [1.165, 1.54) is 0 Å². The average Bonchev–Trinajstić information content (AvgIpc) is 2.43. The van der Waals surface area contributed by atoms with Gasteiger partial charge in [0.25, 0.3) is 0 Å². The maximum Gasteiger partial charge on any atom is 0.185 e. The van der Waals surface area contributed by atoms with E-state index in [0.29, 0.717) is 11.4 Å². The van der Waals surface area contributed by atoms with Crippen LogP contribution < -0.4 is 10.6 Å². The van der Waals surface area contributed by atoms with Crippen LogP contribution >= 0.6 is 0 Å². The van der Waals surface area contributed by atoms with Gasteiger partial charge in [-0.2, -0.15) is 0 Å². The number of hydrogen-bond acceptors (Lipinski definition) is 4. The molecule has 0 saturated carbocycles. The fourth-order valence-corrected chi connectivity index (χ4v) is 1.63. The Hall–Kier alpha value is -2.38. The summed E-state index contributed by atoms with van der Waals surface area (Å²) < 4.78 is 53.3. The minimum absolute atomic E-state index is 0.0344. The fraction of sp³-hybridized carbons (Fsp3) is 0.167. The van der Waals surface area contributed by atoms with Gasteiger partial charge in [0.2, 0.25) is 0 Å². The molecule has 0 bridgehead atoms. The number of rotatable bonds is 3. The average molecular weight is 286 g/mol. The van der Waals surface area contributed by atoms with Crippen molar-refractivity contribution in [2.45, 2.75) is 6.92 Å². The molecule has 1 aromatic heterocycles. The quantitative estimate of drug-likeness (QED) is 0.672. The van der Waals surface area contributed by atoms with Crippen LogP contribution in [0.25, 0.3) is 0 Å². The van der Waals surface area contributed by atoms with Gasteiger partial charge >= 0.3 is 0 Å². The SMILES string of the molecule is CNc1ncnc(Nc2c(F)c(F)cc(F)c2F)c1C. The maximum atomic E-state index is 13.5. The Bertz CT molecular complexity index is 634. The van der Waals surface area contributed by atoms with Gasteiger partial charge in [-0.3, -0.25) is 0 Å². The second-order valence-electron chi connectivity index (χ2n) is 3.91. The molecule has 0 amide bonds. The molecular formula is C12H10F4N4. The van der Waals surface area contributed by atoms with Crippen molar-refractivity contribution in [3.05, 3.63) is 41.2 Å². The van der Waals surface area contributed by atoms with Crippen LogP contribution in [0.3, 0.4) is 0 Å². The van der Waals surface area contributed by atoms with E-state index in [1.807, 2.05) is 0 Å². The number of benzene rings is 1. The van der Waals surface area contributed by atoms with Crippen molar-refractivity contribution in [1.82, 2.24) is 9.97 Å². The predicted molar refractivity (Wildman–Crippen MR) is 65.9 cm³/mol. The first-order valence-electron chi connectivity index (χ1n) is 5.55. The van der Waals surface area contributed by atoms with E-state index < -0.39 is 29.0 Å². The van der Waals surface area contributed by atoms with E-state index in [2.05, 4.69) is 20.6 Å². The van der Waals surface area contributed by atoms with Gasteiger partial charge in [0.05, 0.1) is 0 Å². The number of hydrogen-bond donors (Lipinski definition) is 2. The highest BCUT2D eigenvalue weighted by atomic mass is 19.2. The van der Waals surface area contributed by atoms with Crippen LogP contribution in [0.4, 0.5) is 34.9 Å². The summed E-state index contributed by atoms with van der Waals surface area (Å²) in [5, 5.41) is 4.99. The first-order valence-corrected chi connectivity index (χ1v) is 5.55. The molecule has 106 valence electrons. The predicted octanol–water partition coefficient (Wildman–Crippen LogP) is 3.13.